The van der Waals surface area contributed by atoms with E-state index in [9.17, 15) is 9.59 Å². The maximum Gasteiger partial charge on any atom is 0.339 e. The molecule has 0 aliphatic heterocycles. The minimum Gasteiger partial charge on any atom is -0.283 e. The van der Waals surface area contributed by atoms with Crippen LogP contribution in [0.1, 0.15) is 5.56 Å². The van der Waals surface area contributed by atoms with Gasteiger partial charge in [-0.1, -0.05) is 16.8 Å². The van der Waals surface area contributed by atoms with Crippen molar-refractivity contribution in [2.24, 2.45) is 15.4 Å². The summed E-state index contributed by atoms with van der Waals surface area (Å²) in [6, 6.07) is 0. The topological polar surface area (TPSA) is 123 Å². The van der Waals surface area contributed by atoms with Crippen LogP contribution in [0.4, 0.5) is 0 Å². The fourth-order valence-corrected chi connectivity index (χ4v) is 1.28. The van der Waals surface area contributed by atoms with Crippen LogP contribution >= 0.6 is 11.6 Å². The van der Waals surface area contributed by atoms with Crippen molar-refractivity contribution in [1.82, 2.24) is 0 Å². The molecule has 0 heterocycles. The molecule has 0 saturated carbocycles. The average molecular weight is 240 g/mol. The zero-order chi connectivity index (χ0) is 12.3. The predicted molar refractivity (Wildman–Crippen MR) is 52.5 cm³/mol. The highest BCUT2D eigenvalue weighted by atomic mass is 35.5. The third-order valence-electron chi connectivity index (χ3n) is 1.82. The first-order valence-corrected chi connectivity index (χ1v) is 4.25. The van der Waals surface area contributed by atoms with E-state index in [1.165, 1.54) is 6.92 Å². The summed E-state index contributed by atoms with van der Waals surface area (Å²) in [7, 11) is 0. The van der Waals surface area contributed by atoms with Crippen molar-refractivity contribution in [3.63, 3.8) is 0 Å². The second kappa shape index (κ2) is 4.50. The van der Waals surface area contributed by atoms with Crippen LogP contribution in [0.15, 0.2) is 25.0 Å². The van der Waals surface area contributed by atoms with E-state index < -0.39 is 16.2 Å². The van der Waals surface area contributed by atoms with Crippen molar-refractivity contribution >= 4 is 11.6 Å². The largest absolute Gasteiger partial charge is 0.339 e. The number of rotatable bonds is 1. The number of halogens is 1. The number of nitrogens with one attached hydrogen (secondary N) is 1. The fraction of sp³-hybridized carbons (Fsp3) is 0.143. The van der Waals surface area contributed by atoms with E-state index in [4.69, 9.17) is 22.5 Å². The lowest BCUT2D eigenvalue weighted by Gasteiger charge is -1.92. The second-order valence-electron chi connectivity index (χ2n) is 2.68. The van der Waals surface area contributed by atoms with E-state index in [0.29, 0.717) is 0 Å². The van der Waals surface area contributed by atoms with Crippen molar-refractivity contribution in [2.45, 2.75) is 6.92 Å². The van der Waals surface area contributed by atoms with Crippen LogP contribution in [0.25, 0.3) is 5.08 Å². The summed E-state index contributed by atoms with van der Waals surface area (Å²) < 4.78 is 0. The van der Waals surface area contributed by atoms with Crippen LogP contribution in [0.5, 0.6) is 0 Å². The van der Waals surface area contributed by atoms with Gasteiger partial charge in [0.2, 0.25) is 5.36 Å². The minimum atomic E-state index is -1.05. The fourth-order valence-electron chi connectivity index (χ4n) is 1.07. The molecule has 0 aliphatic carbocycles. The highest BCUT2D eigenvalue weighted by Gasteiger charge is 2.14. The zero-order valence-electron chi connectivity index (χ0n) is 7.93. The van der Waals surface area contributed by atoms with E-state index in [1.54, 1.807) is 0 Å². The van der Waals surface area contributed by atoms with Gasteiger partial charge < -0.3 is 0 Å². The Morgan fingerprint density at radius 2 is 1.88 bits per heavy atom. The van der Waals surface area contributed by atoms with Crippen LogP contribution in [0.3, 0.4) is 0 Å². The Hall–Kier alpha value is -2.27. The Labute approximate surface area is 92.4 Å². The van der Waals surface area contributed by atoms with Gasteiger partial charge in [0.1, 0.15) is 0 Å². The Balaban J connectivity index is 4.12. The van der Waals surface area contributed by atoms with E-state index in [-0.39, 0.29) is 15.9 Å². The van der Waals surface area contributed by atoms with E-state index in [0.717, 1.165) is 0 Å². The first kappa shape index (κ1) is 11.8. The summed E-state index contributed by atoms with van der Waals surface area (Å²) in [5.41, 5.74) is 4.56. The minimum absolute atomic E-state index is 0.131. The molecule has 1 N–H and O–H groups in total. The van der Waals surface area contributed by atoms with Gasteiger partial charge in [-0.15, -0.1) is 5.10 Å². The Morgan fingerprint density at radius 3 is 2.38 bits per heavy atom. The summed E-state index contributed by atoms with van der Waals surface area (Å²) in [6.07, 6.45) is 0. The number of nitrogens with zero attached hydrogens (tertiary/aromatic N) is 5. The summed E-state index contributed by atoms with van der Waals surface area (Å²) in [4.78, 5) is 22.8. The van der Waals surface area contributed by atoms with E-state index in [1.807, 2.05) is 0 Å². The summed E-state index contributed by atoms with van der Waals surface area (Å²) in [5, 5.41) is 18.6. The molecule has 0 amide bonds. The molecule has 8 nitrogen and oxygen atoms in total. The molecule has 1 rings (SSSR count). The zero-order valence-corrected chi connectivity index (χ0v) is 8.69. The van der Waals surface area contributed by atoms with Gasteiger partial charge in [0, 0.05) is 5.56 Å². The SMILES string of the molecule is Cc1c(Cl)c(=NN=N)c(=O)c(=O)c1=N[N+]#N. The van der Waals surface area contributed by atoms with E-state index >= 15 is 0 Å². The maximum atomic E-state index is 11.4. The van der Waals surface area contributed by atoms with E-state index in [2.05, 4.69) is 20.5 Å². The van der Waals surface area contributed by atoms with Crippen molar-refractivity contribution < 1.29 is 0 Å². The lowest BCUT2D eigenvalue weighted by molar-refractivity contribution is 0.935. The highest BCUT2D eigenvalue weighted by molar-refractivity contribution is 6.31. The first-order valence-electron chi connectivity index (χ1n) is 3.87. The van der Waals surface area contributed by atoms with Crippen molar-refractivity contribution in [3.8, 4) is 0 Å². The summed E-state index contributed by atoms with van der Waals surface area (Å²) >= 11 is 5.73. The van der Waals surface area contributed by atoms with Gasteiger partial charge in [-0.3, -0.25) is 9.59 Å². The highest BCUT2D eigenvalue weighted by Crippen LogP contribution is 2.01. The quantitative estimate of drug-likeness (QED) is 0.315. The summed E-state index contributed by atoms with van der Waals surface area (Å²) in [5.74, 6) is 0. The first-order chi connectivity index (χ1) is 7.54. The Bertz CT molecular complexity index is 707. The molecule has 0 radical (unpaired) electrons. The molecule has 0 aromatic heterocycles. The molecule has 0 unspecified atom stereocenters. The molecular formula is C7H4ClN6O2+. The molecule has 0 fully saturated rings. The van der Waals surface area contributed by atoms with Gasteiger partial charge in [-0.25, -0.2) is 0 Å². The lowest BCUT2D eigenvalue weighted by atomic mass is 10.2. The van der Waals surface area contributed by atoms with Crippen molar-refractivity contribution in [3.05, 3.63) is 46.8 Å². The Morgan fingerprint density at radius 1 is 1.31 bits per heavy atom. The third kappa shape index (κ3) is 1.76. The molecule has 80 valence electrons. The van der Waals surface area contributed by atoms with Crippen LogP contribution in [-0.4, -0.2) is 0 Å². The normalized spacial score (nSPS) is 12.6. The lowest BCUT2D eigenvalue weighted by Crippen LogP contribution is -2.48. The van der Waals surface area contributed by atoms with Crippen LogP contribution in [0.2, 0.25) is 5.02 Å². The molecule has 9 heteroatoms. The van der Waals surface area contributed by atoms with Gasteiger partial charge in [-0.2, -0.15) is 5.53 Å². The Kier molecular flexibility index (Phi) is 3.32. The predicted octanol–water partition coefficient (Wildman–Crippen LogP) is -0.240. The molecule has 0 spiro atoms. The average Bonchev–Trinajstić information content (AvgIpc) is 2.28. The van der Waals surface area contributed by atoms with Crippen molar-refractivity contribution in [2.75, 3.05) is 0 Å². The molecule has 0 saturated heterocycles. The molecule has 1 aromatic rings. The monoisotopic (exact) mass is 239 g/mol. The van der Waals surface area contributed by atoms with Crippen LogP contribution in [-0.2, 0) is 0 Å². The second-order valence-corrected chi connectivity index (χ2v) is 3.06. The molecule has 16 heavy (non-hydrogen) atoms. The number of diazo groups is 1. The molecule has 0 aliphatic rings. The van der Waals surface area contributed by atoms with Gasteiger partial charge >= 0.3 is 5.08 Å². The number of hydrogen-bond acceptors (Lipinski definition) is 6. The van der Waals surface area contributed by atoms with Crippen molar-refractivity contribution in [1.29, 1.82) is 10.9 Å². The smallest absolute Gasteiger partial charge is 0.283 e. The molecular weight excluding hydrogens is 236 g/mol. The van der Waals surface area contributed by atoms with Gasteiger partial charge in [0.05, 0.1) is 5.02 Å². The van der Waals surface area contributed by atoms with Crippen LogP contribution < -0.4 is 21.6 Å². The van der Waals surface area contributed by atoms with Crippen LogP contribution in [0, 0.1) is 17.8 Å². The maximum absolute atomic E-state index is 11.4. The van der Waals surface area contributed by atoms with Gasteiger partial charge in [-0.05, 0) is 6.92 Å². The third-order valence-corrected chi connectivity index (χ3v) is 2.29. The summed E-state index contributed by atoms with van der Waals surface area (Å²) in [6.45, 7) is 1.40. The number of benzene rings is 1. The molecule has 0 bridgehead atoms. The molecule has 1 aromatic carbocycles. The standard InChI is InChI=1S/C7H4ClN6O2/c1-2-3(8)5(12-14-10)7(16)6(15)4(2)11-13-9/h10H,1H3/q+1. The van der Waals surface area contributed by atoms with Gasteiger partial charge in [0.15, 0.2) is 10.5 Å². The van der Waals surface area contributed by atoms with Gasteiger partial charge in [0.25, 0.3) is 16.3 Å². The molecule has 0 atom stereocenters. The number of hydrogen-bond donors (Lipinski definition) is 1.